The van der Waals surface area contributed by atoms with Gasteiger partial charge in [-0.05, 0) is 44.7 Å². The lowest BCUT2D eigenvalue weighted by Crippen LogP contribution is -2.46. The summed E-state index contributed by atoms with van der Waals surface area (Å²) in [6.07, 6.45) is 2.91. The lowest BCUT2D eigenvalue weighted by Gasteiger charge is -2.26. The Morgan fingerprint density at radius 3 is 2.62 bits per heavy atom. The molecule has 1 aromatic rings. The van der Waals surface area contributed by atoms with E-state index in [0.717, 1.165) is 31.4 Å². The molecule has 1 atom stereocenters. The van der Waals surface area contributed by atoms with Crippen LogP contribution in [-0.2, 0) is 0 Å². The molecule has 2 amide bonds. The van der Waals surface area contributed by atoms with E-state index < -0.39 is 0 Å². The van der Waals surface area contributed by atoms with Crippen LogP contribution in [0.4, 0.5) is 4.79 Å². The number of aliphatic hydroxyl groups is 1. The van der Waals surface area contributed by atoms with Crippen LogP contribution in [0, 0.1) is 0 Å². The van der Waals surface area contributed by atoms with E-state index in [4.69, 9.17) is 4.74 Å². The molecule has 0 aromatic heterocycles. The standard InChI is InChI=1S/C16H24N2O3/c1-12(21-15-5-3-2-4-6-15)11-17-16(20)18-13-7-9-14(19)10-8-13/h2-6,12-14,19H,7-11H2,1H3,(H2,17,18,20). The number of carbonyl (C=O) groups excluding carboxylic acids is 1. The molecular formula is C16H24N2O3. The van der Waals surface area contributed by atoms with Gasteiger partial charge in [-0.3, -0.25) is 0 Å². The molecule has 0 bridgehead atoms. The summed E-state index contributed by atoms with van der Waals surface area (Å²) in [6.45, 7) is 2.38. The Morgan fingerprint density at radius 1 is 1.29 bits per heavy atom. The average molecular weight is 292 g/mol. The van der Waals surface area contributed by atoms with E-state index in [-0.39, 0.29) is 24.3 Å². The van der Waals surface area contributed by atoms with Crippen LogP contribution in [0.2, 0.25) is 0 Å². The fourth-order valence-corrected chi connectivity index (χ4v) is 2.47. The Balaban J connectivity index is 1.64. The Kier molecular flexibility index (Phi) is 5.87. The normalized spacial score (nSPS) is 23.1. The Labute approximate surface area is 125 Å². The van der Waals surface area contributed by atoms with E-state index in [1.165, 1.54) is 0 Å². The molecule has 5 nitrogen and oxygen atoms in total. The number of hydrogen-bond acceptors (Lipinski definition) is 3. The summed E-state index contributed by atoms with van der Waals surface area (Å²) >= 11 is 0. The molecule has 1 aliphatic rings. The molecule has 2 rings (SSSR count). The van der Waals surface area contributed by atoms with Gasteiger partial charge in [-0.15, -0.1) is 0 Å². The number of urea groups is 1. The summed E-state index contributed by atoms with van der Waals surface area (Å²) in [5.41, 5.74) is 0. The van der Waals surface area contributed by atoms with Crippen LogP contribution >= 0.6 is 0 Å². The molecular weight excluding hydrogens is 268 g/mol. The summed E-state index contributed by atoms with van der Waals surface area (Å²) < 4.78 is 5.69. The van der Waals surface area contributed by atoms with Crippen molar-refractivity contribution < 1.29 is 14.6 Å². The molecule has 21 heavy (non-hydrogen) atoms. The van der Waals surface area contributed by atoms with Gasteiger partial charge in [0.1, 0.15) is 11.9 Å². The number of aliphatic hydroxyl groups excluding tert-OH is 1. The zero-order valence-corrected chi connectivity index (χ0v) is 12.4. The van der Waals surface area contributed by atoms with Crippen LogP contribution in [0.25, 0.3) is 0 Å². The third-order valence-electron chi connectivity index (χ3n) is 3.66. The largest absolute Gasteiger partial charge is 0.489 e. The topological polar surface area (TPSA) is 70.6 Å². The zero-order chi connectivity index (χ0) is 15.1. The molecule has 0 aliphatic heterocycles. The number of rotatable bonds is 5. The number of amides is 2. The average Bonchev–Trinajstić information content (AvgIpc) is 2.49. The highest BCUT2D eigenvalue weighted by molar-refractivity contribution is 5.74. The first kappa shape index (κ1) is 15.6. The van der Waals surface area contributed by atoms with E-state index in [1.54, 1.807) is 0 Å². The molecule has 1 saturated carbocycles. The van der Waals surface area contributed by atoms with Crippen molar-refractivity contribution in [2.75, 3.05) is 6.54 Å². The minimum Gasteiger partial charge on any atom is -0.489 e. The maximum absolute atomic E-state index is 11.8. The van der Waals surface area contributed by atoms with E-state index in [9.17, 15) is 9.90 Å². The van der Waals surface area contributed by atoms with Gasteiger partial charge in [0.05, 0.1) is 12.6 Å². The molecule has 1 unspecified atom stereocenters. The third kappa shape index (κ3) is 5.63. The van der Waals surface area contributed by atoms with Crippen LogP contribution in [-0.4, -0.2) is 35.9 Å². The first-order valence-electron chi connectivity index (χ1n) is 7.57. The lowest BCUT2D eigenvalue weighted by atomic mass is 9.93. The fraction of sp³-hybridized carbons (Fsp3) is 0.562. The van der Waals surface area contributed by atoms with Gasteiger partial charge >= 0.3 is 6.03 Å². The number of carbonyl (C=O) groups is 1. The van der Waals surface area contributed by atoms with Gasteiger partial charge in [0.25, 0.3) is 0 Å². The predicted molar refractivity (Wildman–Crippen MR) is 81.3 cm³/mol. The summed E-state index contributed by atoms with van der Waals surface area (Å²) in [5, 5.41) is 15.2. The van der Waals surface area contributed by atoms with E-state index in [2.05, 4.69) is 10.6 Å². The van der Waals surface area contributed by atoms with Gasteiger partial charge in [-0.1, -0.05) is 18.2 Å². The van der Waals surface area contributed by atoms with Crippen molar-refractivity contribution in [3.8, 4) is 5.75 Å². The second-order valence-electron chi connectivity index (χ2n) is 5.60. The fourth-order valence-electron chi connectivity index (χ4n) is 2.47. The van der Waals surface area contributed by atoms with Crippen molar-refractivity contribution in [1.29, 1.82) is 0 Å². The van der Waals surface area contributed by atoms with Crippen LogP contribution in [0.15, 0.2) is 30.3 Å². The second kappa shape index (κ2) is 7.88. The molecule has 0 saturated heterocycles. The zero-order valence-electron chi connectivity index (χ0n) is 12.4. The molecule has 0 spiro atoms. The van der Waals surface area contributed by atoms with Crippen molar-refractivity contribution in [1.82, 2.24) is 10.6 Å². The predicted octanol–water partition coefficient (Wildman–Crippen LogP) is 2.06. The quantitative estimate of drug-likeness (QED) is 0.778. The van der Waals surface area contributed by atoms with Gasteiger partial charge < -0.3 is 20.5 Å². The molecule has 1 aliphatic carbocycles. The van der Waals surface area contributed by atoms with Gasteiger partial charge in [0.2, 0.25) is 0 Å². The highest BCUT2D eigenvalue weighted by Gasteiger charge is 2.20. The summed E-state index contributed by atoms with van der Waals surface area (Å²) in [7, 11) is 0. The Hall–Kier alpha value is -1.75. The molecule has 5 heteroatoms. The third-order valence-corrected chi connectivity index (χ3v) is 3.66. The Morgan fingerprint density at radius 2 is 1.95 bits per heavy atom. The molecule has 0 radical (unpaired) electrons. The summed E-state index contributed by atoms with van der Waals surface area (Å²) in [5.74, 6) is 0.800. The number of hydrogen-bond donors (Lipinski definition) is 3. The van der Waals surface area contributed by atoms with Crippen molar-refractivity contribution in [2.24, 2.45) is 0 Å². The molecule has 1 aromatic carbocycles. The first-order chi connectivity index (χ1) is 10.1. The molecule has 3 N–H and O–H groups in total. The number of nitrogens with one attached hydrogen (secondary N) is 2. The number of ether oxygens (including phenoxy) is 1. The maximum atomic E-state index is 11.8. The second-order valence-corrected chi connectivity index (χ2v) is 5.60. The SMILES string of the molecule is CC(CNC(=O)NC1CCC(O)CC1)Oc1ccccc1. The van der Waals surface area contributed by atoms with Gasteiger partial charge in [-0.25, -0.2) is 4.79 Å². The smallest absolute Gasteiger partial charge is 0.315 e. The molecule has 0 heterocycles. The molecule has 116 valence electrons. The van der Waals surface area contributed by atoms with E-state index >= 15 is 0 Å². The van der Waals surface area contributed by atoms with Crippen molar-refractivity contribution in [3.05, 3.63) is 30.3 Å². The van der Waals surface area contributed by atoms with Crippen molar-refractivity contribution >= 4 is 6.03 Å². The van der Waals surface area contributed by atoms with Crippen LogP contribution in [0.5, 0.6) is 5.75 Å². The van der Waals surface area contributed by atoms with E-state index in [0.29, 0.717) is 6.54 Å². The summed E-state index contributed by atoms with van der Waals surface area (Å²) in [4.78, 5) is 11.8. The Bertz CT molecular complexity index is 430. The number of benzene rings is 1. The monoisotopic (exact) mass is 292 g/mol. The minimum absolute atomic E-state index is 0.0914. The first-order valence-corrected chi connectivity index (χ1v) is 7.57. The highest BCUT2D eigenvalue weighted by atomic mass is 16.5. The maximum Gasteiger partial charge on any atom is 0.315 e. The van der Waals surface area contributed by atoms with Gasteiger partial charge in [0, 0.05) is 6.04 Å². The van der Waals surface area contributed by atoms with Gasteiger partial charge in [0.15, 0.2) is 0 Å². The van der Waals surface area contributed by atoms with Crippen LogP contribution in [0.3, 0.4) is 0 Å². The number of para-hydroxylation sites is 1. The van der Waals surface area contributed by atoms with E-state index in [1.807, 2.05) is 37.3 Å². The van der Waals surface area contributed by atoms with Crippen LogP contribution in [0.1, 0.15) is 32.6 Å². The highest BCUT2D eigenvalue weighted by Crippen LogP contribution is 2.18. The van der Waals surface area contributed by atoms with Crippen molar-refractivity contribution in [2.45, 2.75) is 50.9 Å². The van der Waals surface area contributed by atoms with Gasteiger partial charge in [-0.2, -0.15) is 0 Å². The molecule has 1 fully saturated rings. The minimum atomic E-state index is -0.203. The van der Waals surface area contributed by atoms with Crippen molar-refractivity contribution in [3.63, 3.8) is 0 Å². The lowest BCUT2D eigenvalue weighted by molar-refractivity contribution is 0.117. The van der Waals surface area contributed by atoms with Crippen LogP contribution < -0.4 is 15.4 Å². The summed E-state index contributed by atoms with van der Waals surface area (Å²) in [6, 6.07) is 9.55.